The molecule has 0 saturated carbocycles. The first kappa shape index (κ1) is 12.5. The predicted molar refractivity (Wildman–Crippen MR) is 75.5 cm³/mol. The molecular weight excluding hydrogens is 238 g/mol. The quantitative estimate of drug-likeness (QED) is 0.844. The molecule has 0 amide bonds. The van der Waals surface area contributed by atoms with Gasteiger partial charge in [0, 0.05) is 24.7 Å². The smallest absolute Gasteiger partial charge is 0.140 e. The molecule has 2 aromatic rings. The highest BCUT2D eigenvalue weighted by molar-refractivity contribution is 5.43. The molecule has 4 nitrogen and oxygen atoms in total. The second-order valence-corrected chi connectivity index (χ2v) is 5.44. The van der Waals surface area contributed by atoms with Crippen LogP contribution in [0.15, 0.2) is 30.7 Å². The van der Waals surface area contributed by atoms with Crippen molar-refractivity contribution < 1.29 is 4.74 Å². The van der Waals surface area contributed by atoms with Gasteiger partial charge in [0.15, 0.2) is 0 Å². The molecule has 1 saturated heterocycles. The van der Waals surface area contributed by atoms with Gasteiger partial charge in [0.2, 0.25) is 0 Å². The Bertz CT molecular complexity index is 529. The van der Waals surface area contributed by atoms with E-state index in [-0.39, 0.29) is 0 Å². The summed E-state index contributed by atoms with van der Waals surface area (Å²) >= 11 is 0. The molecule has 0 unspecified atom stereocenters. The van der Waals surface area contributed by atoms with Crippen LogP contribution in [0.4, 0.5) is 0 Å². The minimum absolute atomic E-state index is 0.811. The molecule has 0 N–H and O–H groups in total. The molecule has 3 heterocycles. The summed E-state index contributed by atoms with van der Waals surface area (Å²) in [6.45, 7) is 3.26. The highest BCUT2D eigenvalue weighted by Crippen LogP contribution is 2.20. The summed E-state index contributed by atoms with van der Waals surface area (Å²) < 4.78 is 7.84. The first-order valence-corrected chi connectivity index (χ1v) is 7.05. The third-order valence-corrected chi connectivity index (χ3v) is 4.00. The SMILES string of the molecule is CN1CCC(CCOc2ccn3ccnc3c2)CC1. The van der Waals surface area contributed by atoms with Crippen LogP contribution in [-0.2, 0) is 0 Å². The standard InChI is InChI=1S/C15H21N3O/c1-17-7-2-13(3-8-17)5-11-19-14-4-9-18-10-6-16-15(18)12-14/h4,6,9-10,12-13H,2-3,5,7-8,11H2,1H3. The van der Waals surface area contributed by atoms with E-state index < -0.39 is 0 Å². The second-order valence-electron chi connectivity index (χ2n) is 5.44. The third-order valence-electron chi connectivity index (χ3n) is 4.00. The van der Waals surface area contributed by atoms with Gasteiger partial charge in [-0.3, -0.25) is 0 Å². The number of piperidine rings is 1. The lowest BCUT2D eigenvalue weighted by Crippen LogP contribution is -2.30. The topological polar surface area (TPSA) is 29.8 Å². The van der Waals surface area contributed by atoms with Crippen molar-refractivity contribution in [2.75, 3.05) is 26.7 Å². The van der Waals surface area contributed by atoms with Gasteiger partial charge in [0.05, 0.1) is 6.61 Å². The van der Waals surface area contributed by atoms with Crippen LogP contribution in [0, 0.1) is 5.92 Å². The number of rotatable bonds is 4. The van der Waals surface area contributed by atoms with Gasteiger partial charge < -0.3 is 14.0 Å². The fourth-order valence-electron chi connectivity index (χ4n) is 2.68. The second kappa shape index (κ2) is 5.61. The van der Waals surface area contributed by atoms with Crippen LogP contribution in [0.5, 0.6) is 5.75 Å². The molecule has 0 aliphatic carbocycles. The van der Waals surface area contributed by atoms with Crippen LogP contribution < -0.4 is 4.74 Å². The summed E-state index contributed by atoms with van der Waals surface area (Å²) in [5.41, 5.74) is 0.941. The van der Waals surface area contributed by atoms with Crippen molar-refractivity contribution >= 4 is 5.65 Å². The van der Waals surface area contributed by atoms with E-state index in [1.807, 2.05) is 28.9 Å². The van der Waals surface area contributed by atoms with Gasteiger partial charge in [-0.05, 0) is 51.4 Å². The Labute approximate surface area is 114 Å². The number of likely N-dealkylation sites (tertiary alicyclic amines) is 1. The molecular formula is C15H21N3O. The first-order valence-electron chi connectivity index (χ1n) is 7.05. The van der Waals surface area contributed by atoms with E-state index >= 15 is 0 Å². The Hall–Kier alpha value is -1.55. The normalized spacial score (nSPS) is 17.9. The van der Waals surface area contributed by atoms with E-state index in [0.29, 0.717) is 0 Å². The minimum atomic E-state index is 0.811. The van der Waals surface area contributed by atoms with Gasteiger partial charge in [-0.2, -0.15) is 0 Å². The monoisotopic (exact) mass is 259 g/mol. The number of fused-ring (bicyclic) bond motifs is 1. The largest absolute Gasteiger partial charge is 0.493 e. The number of aromatic nitrogens is 2. The van der Waals surface area contributed by atoms with Gasteiger partial charge >= 0.3 is 0 Å². The summed E-state index contributed by atoms with van der Waals surface area (Å²) in [6, 6.07) is 4.00. The van der Waals surface area contributed by atoms with Crippen LogP contribution in [0.25, 0.3) is 5.65 Å². The van der Waals surface area contributed by atoms with E-state index in [1.165, 1.54) is 25.9 Å². The molecule has 4 heteroatoms. The Morgan fingerprint density at radius 3 is 3.00 bits per heavy atom. The number of imidazole rings is 1. The van der Waals surface area contributed by atoms with Crippen LogP contribution >= 0.6 is 0 Å². The molecule has 0 aromatic carbocycles. The number of hydrogen-bond donors (Lipinski definition) is 0. The summed E-state index contributed by atoms with van der Waals surface area (Å²) in [5, 5.41) is 0. The molecule has 2 aromatic heterocycles. The maximum Gasteiger partial charge on any atom is 0.140 e. The van der Waals surface area contributed by atoms with Gasteiger partial charge in [-0.1, -0.05) is 0 Å². The van der Waals surface area contributed by atoms with Gasteiger partial charge in [0.1, 0.15) is 11.4 Å². The zero-order valence-corrected chi connectivity index (χ0v) is 11.5. The lowest BCUT2D eigenvalue weighted by molar-refractivity contribution is 0.187. The molecule has 0 bridgehead atoms. The Balaban J connectivity index is 1.49. The highest BCUT2D eigenvalue weighted by atomic mass is 16.5. The van der Waals surface area contributed by atoms with Crippen LogP contribution in [-0.4, -0.2) is 41.0 Å². The number of hydrogen-bond acceptors (Lipinski definition) is 3. The van der Waals surface area contributed by atoms with E-state index in [0.717, 1.165) is 30.3 Å². The van der Waals surface area contributed by atoms with Crippen molar-refractivity contribution in [3.05, 3.63) is 30.7 Å². The molecule has 0 atom stereocenters. The zero-order valence-electron chi connectivity index (χ0n) is 11.5. The molecule has 1 aliphatic heterocycles. The summed E-state index contributed by atoms with van der Waals surface area (Å²) in [6.07, 6.45) is 9.51. The van der Waals surface area contributed by atoms with Crippen LogP contribution in [0.2, 0.25) is 0 Å². The van der Waals surface area contributed by atoms with Crippen molar-refractivity contribution in [1.29, 1.82) is 0 Å². The lowest BCUT2D eigenvalue weighted by Gasteiger charge is -2.28. The molecule has 1 aliphatic rings. The number of ether oxygens (including phenoxy) is 1. The maximum absolute atomic E-state index is 5.85. The Morgan fingerprint density at radius 2 is 2.16 bits per heavy atom. The van der Waals surface area contributed by atoms with E-state index in [9.17, 15) is 0 Å². The van der Waals surface area contributed by atoms with Gasteiger partial charge in [-0.25, -0.2) is 4.98 Å². The first-order chi connectivity index (χ1) is 9.31. The van der Waals surface area contributed by atoms with E-state index in [2.05, 4.69) is 16.9 Å². The third kappa shape index (κ3) is 3.07. The molecule has 102 valence electrons. The molecule has 1 fully saturated rings. The van der Waals surface area contributed by atoms with Gasteiger partial charge in [-0.15, -0.1) is 0 Å². The van der Waals surface area contributed by atoms with Crippen molar-refractivity contribution in [3.8, 4) is 5.75 Å². The molecule has 19 heavy (non-hydrogen) atoms. The fourth-order valence-corrected chi connectivity index (χ4v) is 2.68. The number of pyridine rings is 1. The summed E-state index contributed by atoms with van der Waals surface area (Å²) in [7, 11) is 2.20. The molecule has 3 rings (SSSR count). The summed E-state index contributed by atoms with van der Waals surface area (Å²) in [5.74, 6) is 1.75. The maximum atomic E-state index is 5.85. The number of nitrogens with zero attached hydrogens (tertiary/aromatic N) is 3. The van der Waals surface area contributed by atoms with Gasteiger partial charge in [0.25, 0.3) is 0 Å². The lowest BCUT2D eigenvalue weighted by atomic mass is 9.94. The molecule has 0 spiro atoms. The average molecular weight is 259 g/mol. The van der Waals surface area contributed by atoms with Crippen molar-refractivity contribution in [2.24, 2.45) is 5.92 Å². The average Bonchev–Trinajstić information content (AvgIpc) is 2.88. The highest BCUT2D eigenvalue weighted by Gasteiger charge is 2.16. The Morgan fingerprint density at radius 1 is 1.32 bits per heavy atom. The fraction of sp³-hybridized carbons (Fsp3) is 0.533. The van der Waals surface area contributed by atoms with Crippen LogP contribution in [0.1, 0.15) is 19.3 Å². The predicted octanol–water partition coefficient (Wildman–Crippen LogP) is 2.45. The van der Waals surface area contributed by atoms with E-state index in [4.69, 9.17) is 4.74 Å². The summed E-state index contributed by atoms with van der Waals surface area (Å²) in [4.78, 5) is 6.67. The van der Waals surface area contributed by atoms with Crippen molar-refractivity contribution in [3.63, 3.8) is 0 Å². The van der Waals surface area contributed by atoms with Crippen LogP contribution in [0.3, 0.4) is 0 Å². The zero-order chi connectivity index (χ0) is 13.1. The van der Waals surface area contributed by atoms with E-state index in [1.54, 1.807) is 6.20 Å². The van der Waals surface area contributed by atoms with Crippen molar-refractivity contribution in [1.82, 2.24) is 14.3 Å². The minimum Gasteiger partial charge on any atom is -0.493 e. The molecule has 0 radical (unpaired) electrons. The Kier molecular flexibility index (Phi) is 3.69. The van der Waals surface area contributed by atoms with Crippen molar-refractivity contribution in [2.45, 2.75) is 19.3 Å².